The van der Waals surface area contributed by atoms with Crippen molar-refractivity contribution in [2.75, 3.05) is 6.54 Å². The molecule has 108 valence electrons. The molecule has 1 aromatic rings. The Balaban J connectivity index is 2.73. The van der Waals surface area contributed by atoms with E-state index in [0.29, 0.717) is 16.9 Å². The minimum atomic E-state index is -0.200. The molecule has 1 aromatic carbocycles. The minimum Gasteiger partial charge on any atom is -0.312 e. The van der Waals surface area contributed by atoms with Crippen LogP contribution in [0.15, 0.2) is 18.2 Å². The number of benzene rings is 1. The molecule has 0 saturated heterocycles. The Morgan fingerprint density at radius 2 is 1.89 bits per heavy atom. The van der Waals surface area contributed by atoms with Crippen molar-refractivity contribution < 1.29 is 4.39 Å². The summed E-state index contributed by atoms with van der Waals surface area (Å²) in [6.45, 7) is 11.7. The molecule has 0 spiro atoms. The Morgan fingerprint density at radius 1 is 1.26 bits per heavy atom. The number of rotatable bonds is 5. The van der Waals surface area contributed by atoms with E-state index in [0.717, 1.165) is 18.5 Å². The molecule has 3 heteroatoms. The number of halogens is 2. The molecule has 0 heterocycles. The third-order valence-corrected chi connectivity index (χ3v) is 3.57. The van der Waals surface area contributed by atoms with Gasteiger partial charge in [-0.2, -0.15) is 0 Å². The van der Waals surface area contributed by atoms with E-state index in [2.05, 4.69) is 39.9 Å². The Morgan fingerprint density at radius 3 is 2.37 bits per heavy atom. The Bertz CT molecular complexity index is 410. The van der Waals surface area contributed by atoms with Crippen LogP contribution >= 0.6 is 11.6 Å². The van der Waals surface area contributed by atoms with Crippen LogP contribution in [0, 0.1) is 17.7 Å². The van der Waals surface area contributed by atoms with Crippen molar-refractivity contribution in [1.82, 2.24) is 5.32 Å². The first kappa shape index (κ1) is 16.5. The number of hydrogen-bond donors (Lipinski definition) is 1. The summed E-state index contributed by atoms with van der Waals surface area (Å²) in [5.74, 6) is 0.716. The SMILES string of the molecule is CC(C)C(CNC(C)(C)C)Cc1ccc(Cl)cc1F. The maximum Gasteiger partial charge on any atom is 0.127 e. The second-order valence-corrected chi connectivity index (χ2v) is 7.01. The van der Waals surface area contributed by atoms with E-state index in [4.69, 9.17) is 11.6 Å². The summed E-state index contributed by atoms with van der Waals surface area (Å²) in [6.07, 6.45) is 0.740. The normalized spacial score (nSPS) is 13.9. The molecule has 0 aliphatic heterocycles. The van der Waals surface area contributed by atoms with Crippen molar-refractivity contribution in [3.05, 3.63) is 34.6 Å². The van der Waals surface area contributed by atoms with Gasteiger partial charge in [-0.25, -0.2) is 4.39 Å². The van der Waals surface area contributed by atoms with Gasteiger partial charge in [-0.3, -0.25) is 0 Å². The van der Waals surface area contributed by atoms with Crippen LogP contribution in [-0.4, -0.2) is 12.1 Å². The van der Waals surface area contributed by atoms with Gasteiger partial charge in [0, 0.05) is 10.6 Å². The summed E-state index contributed by atoms with van der Waals surface area (Å²) in [5.41, 5.74) is 0.838. The second-order valence-electron chi connectivity index (χ2n) is 6.57. The first-order valence-electron chi connectivity index (χ1n) is 6.88. The van der Waals surface area contributed by atoms with Crippen LogP contribution in [0.4, 0.5) is 4.39 Å². The molecule has 1 unspecified atom stereocenters. The molecule has 1 N–H and O–H groups in total. The fourth-order valence-electron chi connectivity index (χ4n) is 1.95. The fraction of sp³-hybridized carbons (Fsp3) is 0.625. The smallest absolute Gasteiger partial charge is 0.127 e. The van der Waals surface area contributed by atoms with Crippen molar-refractivity contribution in [2.45, 2.75) is 46.6 Å². The largest absolute Gasteiger partial charge is 0.312 e. The molecule has 0 bridgehead atoms. The first-order valence-corrected chi connectivity index (χ1v) is 7.26. The van der Waals surface area contributed by atoms with E-state index in [-0.39, 0.29) is 11.4 Å². The molecule has 1 rings (SSSR count). The predicted molar refractivity (Wildman–Crippen MR) is 81.2 cm³/mol. The molecule has 0 fully saturated rings. The van der Waals surface area contributed by atoms with Crippen LogP contribution < -0.4 is 5.32 Å². The lowest BCUT2D eigenvalue weighted by Gasteiger charge is -2.27. The quantitative estimate of drug-likeness (QED) is 0.828. The van der Waals surface area contributed by atoms with Gasteiger partial charge in [0.25, 0.3) is 0 Å². The predicted octanol–water partition coefficient (Wildman–Crippen LogP) is 4.68. The summed E-state index contributed by atoms with van der Waals surface area (Å²) in [6, 6.07) is 4.95. The molecule has 0 aromatic heterocycles. The molecule has 0 radical (unpaired) electrons. The van der Waals surface area contributed by atoms with Gasteiger partial charge in [-0.05, 0) is 63.3 Å². The molecular weight excluding hydrogens is 261 g/mol. The number of hydrogen-bond acceptors (Lipinski definition) is 1. The zero-order valence-electron chi connectivity index (χ0n) is 12.6. The molecule has 0 saturated carbocycles. The highest BCUT2D eigenvalue weighted by atomic mass is 35.5. The topological polar surface area (TPSA) is 12.0 Å². The van der Waals surface area contributed by atoms with E-state index in [1.807, 2.05) is 0 Å². The molecule has 1 atom stereocenters. The minimum absolute atomic E-state index is 0.0890. The van der Waals surface area contributed by atoms with Crippen molar-refractivity contribution in [1.29, 1.82) is 0 Å². The van der Waals surface area contributed by atoms with Gasteiger partial charge in [-0.1, -0.05) is 31.5 Å². The van der Waals surface area contributed by atoms with Crippen LogP contribution in [0.3, 0.4) is 0 Å². The van der Waals surface area contributed by atoms with E-state index in [1.54, 1.807) is 12.1 Å². The van der Waals surface area contributed by atoms with E-state index < -0.39 is 0 Å². The molecule has 0 aliphatic rings. The monoisotopic (exact) mass is 285 g/mol. The van der Waals surface area contributed by atoms with Crippen molar-refractivity contribution in [3.8, 4) is 0 Å². The van der Waals surface area contributed by atoms with Crippen LogP contribution in [0.2, 0.25) is 5.02 Å². The summed E-state index contributed by atoms with van der Waals surface area (Å²) in [5, 5.41) is 3.96. The van der Waals surface area contributed by atoms with Gasteiger partial charge in [0.1, 0.15) is 5.82 Å². The first-order chi connectivity index (χ1) is 8.69. The summed E-state index contributed by atoms with van der Waals surface area (Å²) < 4.78 is 13.8. The maximum atomic E-state index is 13.8. The maximum absolute atomic E-state index is 13.8. The third kappa shape index (κ3) is 5.92. The second kappa shape index (κ2) is 6.71. The fourth-order valence-corrected chi connectivity index (χ4v) is 2.11. The summed E-state index contributed by atoms with van der Waals surface area (Å²) in [7, 11) is 0. The standard InChI is InChI=1S/C16H25ClFN/c1-11(2)13(10-19-16(3,4)5)8-12-6-7-14(17)9-15(12)18/h6-7,9,11,13,19H,8,10H2,1-5H3. The molecule has 1 nitrogen and oxygen atoms in total. The van der Waals surface area contributed by atoms with Gasteiger partial charge < -0.3 is 5.32 Å². The van der Waals surface area contributed by atoms with Gasteiger partial charge >= 0.3 is 0 Å². The van der Waals surface area contributed by atoms with Gasteiger partial charge in [-0.15, -0.1) is 0 Å². The van der Waals surface area contributed by atoms with E-state index in [1.165, 1.54) is 6.07 Å². The van der Waals surface area contributed by atoms with Crippen LogP contribution in [0.5, 0.6) is 0 Å². The van der Waals surface area contributed by atoms with Gasteiger partial charge in [0.2, 0.25) is 0 Å². The van der Waals surface area contributed by atoms with Crippen LogP contribution in [0.1, 0.15) is 40.2 Å². The Labute approximate surface area is 121 Å². The molecule has 0 aliphatic carbocycles. The lowest BCUT2D eigenvalue weighted by atomic mass is 9.88. The zero-order chi connectivity index (χ0) is 14.6. The Hall–Kier alpha value is -0.600. The van der Waals surface area contributed by atoms with Crippen LogP contribution in [-0.2, 0) is 6.42 Å². The van der Waals surface area contributed by atoms with Crippen LogP contribution in [0.25, 0.3) is 0 Å². The van der Waals surface area contributed by atoms with Gasteiger partial charge in [0.15, 0.2) is 0 Å². The highest BCUT2D eigenvalue weighted by molar-refractivity contribution is 6.30. The van der Waals surface area contributed by atoms with Crippen molar-refractivity contribution in [2.24, 2.45) is 11.8 Å². The Kier molecular flexibility index (Phi) is 5.82. The zero-order valence-corrected chi connectivity index (χ0v) is 13.3. The van der Waals surface area contributed by atoms with E-state index in [9.17, 15) is 4.39 Å². The molecule has 0 amide bonds. The molecule has 19 heavy (non-hydrogen) atoms. The molecular formula is C16H25ClFN. The highest BCUT2D eigenvalue weighted by Crippen LogP contribution is 2.22. The highest BCUT2D eigenvalue weighted by Gasteiger charge is 2.19. The lowest BCUT2D eigenvalue weighted by Crippen LogP contribution is -2.40. The average Bonchev–Trinajstić information content (AvgIpc) is 2.24. The third-order valence-electron chi connectivity index (χ3n) is 3.33. The van der Waals surface area contributed by atoms with Crippen molar-refractivity contribution >= 4 is 11.6 Å². The van der Waals surface area contributed by atoms with Crippen molar-refractivity contribution in [3.63, 3.8) is 0 Å². The summed E-state index contributed by atoms with van der Waals surface area (Å²) >= 11 is 5.78. The van der Waals surface area contributed by atoms with Gasteiger partial charge in [0.05, 0.1) is 0 Å². The average molecular weight is 286 g/mol. The number of nitrogens with one attached hydrogen (secondary N) is 1. The summed E-state index contributed by atoms with van der Waals surface area (Å²) in [4.78, 5) is 0. The van der Waals surface area contributed by atoms with E-state index >= 15 is 0 Å². The lowest BCUT2D eigenvalue weighted by molar-refractivity contribution is 0.310.